The fourth-order valence-electron chi connectivity index (χ4n) is 1.95. The van der Waals surface area contributed by atoms with E-state index in [2.05, 4.69) is 30.1 Å². The second kappa shape index (κ2) is 7.67. The first kappa shape index (κ1) is 15.4. The highest BCUT2D eigenvalue weighted by Crippen LogP contribution is 2.33. The molecule has 1 heterocycles. The van der Waals surface area contributed by atoms with Gasteiger partial charge in [-0.2, -0.15) is 0 Å². The summed E-state index contributed by atoms with van der Waals surface area (Å²) in [6, 6.07) is 14.1. The minimum Gasteiger partial charge on any atom is -0.326 e. The molecule has 0 aliphatic rings. The molecule has 0 aliphatic carbocycles. The molecule has 1 aromatic carbocycles. The lowest BCUT2D eigenvalue weighted by Crippen LogP contribution is -2.26. The first-order chi connectivity index (χ1) is 9.70. The van der Waals surface area contributed by atoms with Gasteiger partial charge in [-0.15, -0.1) is 11.8 Å². The molecular weight excluding hydrogens is 288 g/mol. The molecule has 0 saturated carbocycles. The van der Waals surface area contributed by atoms with Gasteiger partial charge in [0.2, 0.25) is 0 Å². The van der Waals surface area contributed by atoms with Crippen LogP contribution in [-0.4, -0.2) is 11.0 Å². The second-order valence-electron chi connectivity index (χ2n) is 4.68. The summed E-state index contributed by atoms with van der Waals surface area (Å²) in [4.78, 5) is 4.45. The van der Waals surface area contributed by atoms with E-state index in [9.17, 15) is 0 Å². The van der Waals surface area contributed by atoms with Gasteiger partial charge < -0.3 is 5.73 Å². The number of aromatic nitrogens is 1. The third-order valence-electron chi connectivity index (χ3n) is 3.18. The van der Waals surface area contributed by atoms with Crippen molar-refractivity contribution < 1.29 is 0 Å². The number of nitrogens with two attached hydrogens (primary N) is 1. The van der Waals surface area contributed by atoms with Crippen molar-refractivity contribution in [2.45, 2.75) is 30.4 Å². The molecule has 2 nitrogen and oxygen atoms in total. The summed E-state index contributed by atoms with van der Waals surface area (Å²) < 4.78 is 0. The van der Waals surface area contributed by atoms with Crippen molar-refractivity contribution in [3.8, 4) is 0 Å². The molecule has 2 aromatic rings. The molecule has 106 valence electrons. The van der Waals surface area contributed by atoms with Crippen LogP contribution in [0.15, 0.2) is 48.7 Å². The average Bonchev–Trinajstić information content (AvgIpc) is 2.50. The summed E-state index contributed by atoms with van der Waals surface area (Å²) in [6.07, 6.45) is 2.77. The summed E-state index contributed by atoms with van der Waals surface area (Å²) in [5.74, 6) is 0.909. The fourth-order valence-corrected chi connectivity index (χ4v) is 3.39. The molecule has 2 N–H and O–H groups in total. The summed E-state index contributed by atoms with van der Waals surface area (Å²) in [5.41, 5.74) is 8.57. The van der Waals surface area contributed by atoms with E-state index in [1.165, 1.54) is 5.56 Å². The largest absolute Gasteiger partial charge is 0.326 e. The average molecular weight is 307 g/mol. The van der Waals surface area contributed by atoms with Crippen LogP contribution in [0.1, 0.15) is 29.9 Å². The van der Waals surface area contributed by atoms with E-state index in [0.29, 0.717) is 0 Å². The number of rotatable bonds is 6. The van der Waals surface area contributed by atoms with E-state index in [1.54, 1.807) is 0 Å². The van der Waals surface area contributed by atoms with Crippen molar-refractivity contribution in [1.29, 1.82) is 0 Å². The van der Waals surface area contributed by atoms with Crippen molar-refractivity contribution in [2.75, 3.05) is 0 Å². The van der Waals surface area contributed by atoms with E-state index in [1.807, 2.05) is 42.2 Å². The Morgan fingerprint density at radius 1 is 1.20 bits per heavy atom. The number of benzene rings is 1. The van der Waals surface area contributed by atoms with Crippen LogP contribution in [0.2, 0.25) is 5.02 Å². The van der Waals surface area contributed by atoms with Crippen molar-refractivity contribution in [2.24, 2.45) is 5.73 Å². The molecule has 2 rings (SSSR count). The number of hydrogen-bond donors (Lipinski definition) is 1. The van der Waals surface area contributed by atoms with Crippen LogP contribution in [0, 0.1) is 0 Å². The predicted molar refractivity (Wildman–Crippen MR) is 88.0 cm³/mol. The van der Waals surface area contributed by atoms with E-state index in [0.717, 1.165) is 22.9 Å². The van der Waals surface area contributed by atoms with Crippen LogP contribution in [0.3, 0.4) is 0 Å². The van der Waals surface area contributed by atoms with Gasteiger partial charge in [-0.3, -0.25) is 4.98 Å². The lowest BCUT2D eigenvalue weighted by atomic mass is 10.1. The summed E-state index contributed by atoms with van der Waals surface area (Å²) in [7, 11) is 0. The molecule has 4 heteroatoms. The van der Waals surface area contributed by atoms with Gasteiger partial charge in [0.15, 0.2) is 0 Å². The first-order valence-corrected chi connectivity index (χ1v) is 8.16. The van der Waals surface area contributed by atoms with Gasteiger partial charge in [0, 0.05) is 23.0 Å². The normalized spacial score (nSPS) is 13.9. The highest BCUT2D eigenvalue weighted by atomic mass is 35.5. The smallest absolute Gasteiger partial charge is 0.0624 e. The maximum atomic E-state index is 6.26. The molecule has 2 unspecified atom stereocenters. The molecule has 0 spiro atoms. The van der Waals surface area contributed by atoms with Gasteiger partial charge in [0.05, 0.1) is 10.9 Å². The van der Waals surface area contributed by atoms with Crippen LogP contribution < -0.4 is 5.73 Å². The van der Waals surface area contributed by atoms with Gasteiger partial charge in [0.25, 0.3) is 0 Å². The zero-order chi connectivity index (χ0) is 14.4. The van der Waals surface area contributed by atoms with Crippen LogP contribution in [0.25, 0.3) is 0 Å². The van der Waals surface area contributed by atoms with Gasteiger partial charge in [-0.05, 0) is 36.2 Å². The van der Waals surface area contributed by atoms with E-state index < -0.39 is 0 Å². The molecule has 0 bridgehead atoms. The number of hydrogen-bond acceptors (Lipinski definition) is 3. The molecule has 0 saturated heterocycles. The van der Waals surface area contributed by atoms with Crippen LogP contribution in [-0.2, 0) is 5.75 Å². The summed E-state index contributed by atoms with van der Waals surface area (Å²) in [6.45, 7) is 2.11. The van der Waals surface area contributed by atoms with E-state index in [4.69, 9.17) is 17.3 Å². The topological polar surface area (TPSA) is 38.9 Å². The van der Waals surface area contributed by atoms with Gasteiger partial charge >= 0.3 is 0 Å². The molecular formula is C16H19ClN2S. The molecule has 0 radical (unpaired) electrons. The standard InChI is InChI=1S/C16H19ClN2S/c1-2-14(18)16(15-5-3-4-10-19-15)20-11-12-6-8-13(17)9-7-12/h3-10,14,16H,2,11,18H2,1H3. The molecule has 0 amide bonds. The monoisotopic (exact) mass is 306 g/mol. The minimum atomic E-state index is 0.113. The summed E-state index contributed by atoms with van der Waals surface area (Å²) in [5, 5.41) is 0.988. The van der Waals surface area contributed by atoms with Crippen molar-refractivity contribution >= 4 is 23.4 Å². The summed E-state index contributed by atoms with van der Waals surface area (Å²) >= 11 is 7.74. The lowest BCUT2D eigenvalue weighted by molar-refractivity contribution is 0.624. The van der Waals surface area contributed by atoms with Gasteiger partial charge in [-0.1, -0.05) is 36.7 Å². The van der Waals surface area contributed by atoms with Crippen LogP contribution in [0.5, 0.6) is 0 Å². The second-order valence-corrected chi connectivity index (χ2v) is 6.25. The van der Waals surface area contributed by atoms with Crippen molar-refractivity contribution in [3.05, 3.63) is 64.9 Å². The van der Waals surface area contributed by atoms with Gasteiger partial charge in [-0.25, -0.2) is 0 Å². The number of nitrogens with zero attached hydrogens (tertiary/aromatic N) is 1. The third-order valence-corrected chi connectivity index (χ3v) is 4.88. The zero-order valence-corrected chi connectivity index (χ0v) is 13.1. The van der Waals surface area contributed by atoms with Crippen LogP contribution >= 0.6 is 23.4 Å². The van der Waals surface area contributed by atoms with E-state index >= 15 is 0 Å². The molecule has 0 aliphatic heterocycles. The van der Waals surface area contributed by atoms with Crippen LogP contribution in [0.4, 0.5) is 0 Å². The number of pyridine rings is 1. The third kappa shape index (κ3) is 4.23. The Bertz CT molecular complexity index is 516. The molecule has 2 atom stereocenters. The lowest BCUT2D eigenvalue weighted by Gasteiger charge is -2.22. The fraction of sp³-hybridized carbons (Fsp3) is 0.312. The van der Waals surface area contributed by atoms with Gasteiger partial charge in [0.1, 0.15) is 0 Å². The SMILES string of the molecule is CCC(N)C(SCc1ccc(Cl)cc1)c1ccccn1. The highest BCUT2D eigenvalue weighted by Gasteiger charge is 2.20. The minimum absolute atomic E-state index is 0.113. The quantitative estimate of drug-likeness (QED) is 0.857. The Morgan fingerprint density at radius 3 is 2.55 bits per heavy atom. The van der Waals surface area contributed by atoms with Crippen molar-refractivity contribution in [3.63, 3.8) is 0 Å². The Hall–Kier alpha value is -1.03. The van der Waals surface area contributed by atoms with Crippen molar-refractivity contribution in [1.82, 2.24) is 4.98 Å². The Balaban J connectivity index is 2.07. The highest BCUT2D eigenvalue weighted by molar-refractivity contribution is 7.98. The Labute approximate surface area is 129 Å². The van der Waals surface area contributed by atoms with E-state index in [-0.39, 0.29) is 11.3 Å². The molecule has 1 aromatic heterocycles. The Kier molecular flexibility index (Phi) is 5.89. The number of thioether (sulfide) groups is 1. The Morgan fingerprint density at radius 2 is 1.95 bits per heavy atom. The molecule has 20 heavy (non-hydrogen) atoms. The maximum Gasteiger partial charge on any atom is 0.0624 e. The first-order valence-electron chi connectivity index (χ1n) is 6.73. The molecule has 0 fully saturated rings. The number of halogens is 1. The zero-order valence-electron chi connectivity index (χ0n) is 11.5. The predicted octanol–water partition coefficient (Wildman–Crippen LogP) is 4.45. The maximum absolute atomic E-state index is 6.26.